The number of hydrogen-bond donors (Lipinski definition) is 2. The number of piperidine rings is 1. The van der Waals surface area contributed by atoms with Gasteiger partial charge in [0.1, 0.15) is 0 Å². The predicted octanol–water partition coefficient (Wildman–Crippen LogP) is 4.39. The smallest absolute Gasteiger partial charge is 0.422 e. The first-order valence-corrected chi connectivity index (χ1v) is 10.9. The predicted molar refractivity (Wildman–Crippen MR) is 112 cm³/mol. The highest BCUT2D eigenvalue weighted by molar-refractivity contribution is 5.81. The molecule has 2 heterocycles. The third kappa shape index (κ3) is 7.09. The molecule has 2 fully saturated rings. The van der Waals surface area contributed by atoms with Gasteiger partial charge in [-0.2, -0.15) is 41.3 Å². The summed E-state index contributed by atoms with van der Waals surface area (Å²) in [6, 6.07) is 3.38. The number of nitrogens with one attached hydrogen (secondary N) is 2. The molecular formula is C21H22F6N6O2. The molecule has 4 rings (SSSR count). The lowest BCUT2D eigenvalue weighted by molar-refractivity contribution is -0.154. The number of carbonyl (C=O) groups excluding carboxylic acids is 1. The Hall–Kier alpha value is -3.32. The summed E-state index contributed by atoms with van der Waals surface area (Å²) in [5, 5.41) is 5.56. The molecule has 14 heteroatoms. The molecule has 0 unspecified atom stereocenters. The maximum Gasteiger partial charge on any atom is 0.422 e. The van der Waals surface area contributed by atoms with Gasteiger partial charge in [0.15, 0.2) is 6.61 Å². The van der Waals surface area contributed by atoms with Crippen molar-refractivity contribution in [3.63, 3.8) is 0 Å². The number of anilines is 3. The van der Waals surface area contributed by atoms with Crippen molar-refractivity contribution < 1.29 is 35.9 Å². The molecule has 1 amide bonds. The largest absolute Gasteiger partial charge is 0.454 e. The van der Waals surface area contributed by atoms with Gasteiger partial charge in [-0.05, 0) is 43.9 Å². The zero-order valence-electron chi connectivity index (χ0n) is 18.3. The van der Waals surface area contributed by atoms with Gasteiger partial charge in [0.05, 0.1) is 5.56 Å². The Bertz CT molecular complexity index is 1050. The molecule has 1 aliphatic carbocycles. The Morgan fingerprint density at radius 1 is 1.00 bits per heavy atom. The highest BCUT2D eigenvalue weighted by atomic mass is 19.4. The Morgan fingerprint density at radius 2 is 1.69 bits per heavy atom. The van der Waals surface area contributed by atoms with E-state index in [2.05, 4.69) is 30.3 Å². The summed E-state index contributed by atoms with van der Waals surface area (Å²) in [6.07, 6.45) is -6.27. The Kier molecular flexibility index (Phi) is 6.90. The molecule has 2 aliphatic rings. The Morgan fingerprint density at radius 3 is 2.31 bits per heavy atom. The van der Waals surface area contributed by atoms with Crippen LogP contribution in [0.4, 0.5) is 43.9 Å². The van der Waals surface area contributed by atoms with E-state index in [1.165, 1.54) is 12.1 Å². The van der Waals surface area contributed by atoms with E-state index in [4.69, 9.17) is 0 Å². The van der Waals surface area contributed by atoms with E-state index in [-0.39, 0.29) is 35.5 Å². The maximum absolute atomic E-state index is 13.0. The molecule has 8 nitrogen and oxygen atoms in total. The highest BCUT2D eigenvalue weighted by Gasteiger charge is 2.35. The lowest BCUT2D eigenvalue weighted by Crippen LogP contribution is -2.43. The van der Waals surface area contributed by atoms with E-state index in [9.17, 15) is 31.1 Å². The van der Waals surface area contributed by atoms with E-state index < -0.39 is 30.5 Å². The molecule has 2 aromatic rings. The van der Waals surface area contributed by atoms with Crippen LogP contribution in [0, 0.1) is 5.92 Å². The summed E-state index contributed by atoms with van der Waals surface area (Å²) < 4.78 is 81.5. The molecule has 2 N–H and O–H groups in total. The van der Waals surface area contributed by atoms with Crippen LogP contribution in [-0.2, 0) is 11.0 Å². The number of hydrogen-bond acceptors (Lipinski definition) is 7. The molecule has 1 saturated carbocycles. The minimum atomic E-state index is -4.64. The second kappa shape index (κ2) is 9.74. The second-order valence-electron chi connectivity index (χ2n) is 8.39. The molecule has 1 aliphatic heterocycles. The zero-order valence-corrected chi connectivity index (χ0v) is 18.3. The van der Waals surface area contributed by atoms with Gasteiger partial charge in [0, 0.05) is 30.7 Å². The molecule has 0 atom stereocenters. The molecule has 0 radical (unpaired) electrons. The van der Waals surface area contributed by atoms with Gasteiger partial charge in [0.2, 0.25) is 17.8 Å². The van der Waals surface area contributed by atoms with Crippen molar-refractivity contribution in [2.75, 3.05) is 30.3 Å². The highest BCUT2D eigenvalue weighted by Crippen LogP contribution is 2.33. The molecule has 35 heavy (non-hydrogen) atoms. The van der Waals surface area contributed by atoms with E-state index in [1.54, 1.807) is 4.90 Å². The fraction of sp³-hybridized carbons (Fsp3) is 0.524. The van der Waals surface area contributed by atoms with Crippen LogP contribution in [0.3, 0.4) is 0 Å². The molecule has 1 aromatic carbocycles. The number of carbonyl (C=O) groups is 1. The number of aromatic nitrogens is 3. The number of rotatable bonds is 7. The van der Waals surface area contributed by atoms with Crippen LogP contribution in [0.1, 0.15) is 31.2 Å². The van der Waals surface area contributed by atoms with Gasteiger partial charge in [-0.25, -0.2) is 0 Å². The van der Waals surface area contributed by atoms with E-state index >= 15 is 0 Å². The van der Waals surface area contributed by atoms with Crippen LogP contribution in [0.5, 0.6) is 6.01 Å². The third-order valence-corrected chi connectivity index (χ3v) is 5.49. The van der Waals surface area contributed by atoms with Gasteiger partial charge >= 0.3 is 18.4 Å². The molecule has 0 bridgehead atoms. The number of nitrogens with zero attached hydrogens (tertiary/aromatic N) is 4. The van der Waals surface area contributed by atoms with E-state index in [0.29, 0.717) is 25.9 Å². The fourth-order valence-corrected chi connectivity index (χ4v) is 3.61. The van der Waals surface area contributed by atoms with Crippen molar-refractivity contribution in [1.29, 1.82) is 0 Å². The van der Waals surface area contributed by atoms with Gasteiger partial charge in [-0.3, -0.25) is 4.79 Å². The molecule has 0 spiro atoms. The van der Waals surface area contributed by atoms with Crippen LogP contribution in [0.25, 0.3) is 0 Å². The zero-order chi connectivity index (χ0) is 25.2. The minimum Gasteiger partial charge on any atom is -0.454 e. The lowest BCUT2D eigenvalue weighted by atomic mass is 10.0. The average molecular weight is 504 g/mol. The lowest BCUT2D eigenvalue weighted by Gasteiger charge is -2.32. The SMILES string of the molecule is O=C(C1CC1)N1CCC(Nc2nc(Nc3cccc(C(F)(F)F)c3)nc(OCC(F)(F)F)n2)CC1. The van der Waals surface area contributed by atoms with Crippen LogP contribution in [-0.4, -0.2) is 57.7 Å². The number of amides is 1. The topological polar surface area (TPSA) is 92.3 Å². The van der Waals surface area contributed by atoms with Gasteiger partial charge in [0.25, 0.3) is 0 Å². The van der Waals surface area contributed by atoms with Crippen molar-refractivity contribution in [3.8, 4) is 6.01 Å². The number of halogens is 6. The van der Waals surface area contributed by atoms with Crippen molar-refractivity contribution in [2.24, 2.45) is 5.92 Å². The second-order valence-corrected chi connectivity index (χ2v) is 8.39. The first kappa shape index (κ1) is 24.8. The molecular weight excluding hydrogens is 482 g/mol. The summed E-state index contributed by atoms with van der Waals surface area (Å²) in [4.78, 5) is 25.7. The van der Waals surface area contributed by atoms with Crippen molar-refractivity contribution in [3.05, 3.63) is 29.8 Å². The number of ether oxygens (including phenoxy) is 1. The standard InChI is InChI=1S/C21H22F6N6O2/c22-20(23,24)11-35-19-31-17(28-14-6-8-33(9-7-14)16(34)12-4-5-12)30-18(32-19)29-15-3-1-2-13(10-15)21(25,26)27/h1-3,10,12,14H,4-9,11H2,(H2,28,29,30,31,32). The maximum atomic E-state index is 13.0. The van der Waals surface area contributed by atoms with Crippen molar-refractivity contribution in [1.82, 2.24) is 19.9 Å². The normalized spacial score (nSPS) is 17.3. The van der Waals surface area contributed by atoms with Crippen molar-refractivity contribution >= 4 is 23.5 Å². The molecule has 1 aromatic heterocycles. The van der Waals surface area contributed by atoms with Crippen LogP contribution >= 0.6 is 0 Å². The average Bonchev–Trinajstić information content (AvgIpc) is 3.62. The Balaban J connectivity index is 1.48. The van der Waals surface area contributed by atoms with Crippen LogP contribution < -0.4 is 15.4 Å². The number of benzene rings is 1. The Labute approximate surface area is 196 Å². The fourth-order valence-electron chi connectivity index (χ4n) is 3.61. The molecule has 1 saturated heterocycles. The monoisotopic (exact) mass is 504 g/mol. The first-order valence-electron chi connectivity index (χ1n) is 10.9. The summed E-state index contributed by atoms with van der Waals surface area (Å²) in [7, 11) is 0. The molecule has 190 valence electrons. The summed E-state index contributed by atoms with van der Waals surface area (Å²) in [6.45, 7) is -0.614. The van der Waals surface area contributed by atoms with Gasteiger partial charge in [-0.1, -0.05) is 6.07 Å². The minimum absolute atomic E-state index is 0.0226. The van der Waals surface area contributed by atoms with Crippen molar-refractivity contribution in [2.45, 2.75) is 44.1 Å². The third-order valence-electron chi connectivity index (χ3n) is 5.49. The van der Waals surface area contributed by atoms with Gasteiger partial charge in [-0.15, -0.1) is 0 Å². The number of likely N-dealkylation sites (tertiary alicyclic amines) is 1. The first-order chi connectivity index (χ1) is 16.5. The summed E-state index contributed by atoms with van der Waals surface area (Å²) >= 11 is 0. The quantitative estimate of drug-likeness (QED) is 0.541. The summed E-state index contributed by atoms with van der Waals surface area (Å²) in [5.41, 5.74) is -0.943. The van der Waals surface area contributed by atoms with E-state index in [0.717, 1.165) is 25.0 Å². The van der Waals surface area contributed by atoms with Crippen LogP contribution in [0.15, 0.2) is 24.3 Å². The van der Waals surface area contributed by atoms with E-state index in [1.807, 2.05) is 0 Å². The van der Waals surface area contributed by atoms with Crippen LogP contribution in [0.2, 0.25) is 0 Å². The van der Waals surface area contributed by atoms with Gasteiger partial charge < -0.3 is 20.3 Å². The number of alkyl halides is 6. The summed E-state index contributed by atoms with van der Waals surface area (Å²) in [5.74, 6) is -0.140.